The van der Waals surface area contributed by atoms with Crippen LogP contribution < -0.4 is 0 Å². The lowest BCUT2D eigenvalue weighted by Crippen LogP contribution is -2.25. The quantitative estimate of drug-likeness (QED) is 0.605. The van der Waals surface area contributed by atoms with Gasteiger partial charge in [-0.3, -0.25) is 0 Å². The monoisotopic (exact) mass is 223 g/mol. The predicted molar refractivity (Wildman–Crippen MR) is 62.6 cm³/mol. The van der Waals surface area contributed by atoms with E-state index in [4.69, 9.17) is 4.84 Å². The van der Waals surface area contributed by atoms with E-state index in [0.717, 1.165) is 5.56 Å². The second kappa shape index (κ2) is 4.99. The number of hydrogen-bond donors (Lipinski definition) is 2. The summed E-state index contributed by atoms with van der Waals surface area (Å²) >= 11 is 0. The maximum atomic E-state index is 9.41. The van der Waals surface area contributed by atoms with Crippen LogP contribution in [0.3, 0.4) is 0 Å². The summed E-state index contributed by atoms with van der Waals surface area (Å²) in [6.45, 7) is 5.20. The molecule has 4 nitrogen and oxygen atoms in total. The Kier molecular flexibility index (Phi) is 3.90. The molecule has 0 unspecified atom stereocenters. The van der Waals surface area contributed by atoms with Crippen LogP contribution in [0.25, 0.3) is 0 Å². The van der Waals surface area contributed by atoms with E-state index in [-0.39, 0.29) is 12.4 Å². The Labute approximate surface area is 95.2 Å². The molecule has 0 spiro atoms. The first-order valence-electron chi connectivity index (χ1n) is 5.07. The van der Waals surface area contributed by atoms with Crippen molar-refractivity contribution in [2.24, 2.45) is 5.16 Å². The molecule has 0 heterocycles. The molecule has 1 aromatic carbocycles. The second-order valence-corrected chi connectivity index (χ2v) is 4.31. The largest absolute Gasteiger partial charge is 0.508 e. The van der Waals surface area contributed by atoms with Crippen molar-refractivity contribution in [3.05, 3.63) is 29.8 Å². The van der Waals surface area contributed by atoms with Gasteiger partial charge in [0.25, 0.3) is 0 Å². The van der Waals surface area contributed by atoms with Gasteiger partial charge in [0.1, 0.15) is 12.4 Å². The van der Waals surface area contributed by atoms with Gasteiger partial charge in [-0.15, -0.1) is 0 Å². The Morgan fingerprint density at radius 3 is 2.69 bits per heavy atom. The molecule has 0 saturated carbocycles. The first-order valence-corrected chi connectivity index (χ1v) is 5.07. The van der Waals surface area contributed by atoms with Crippen LogP contribution in [0.2, 0.25) is 0 Å². The molecular formula is C12H17NO3. The van der Waals surface area contributed by atoms with Gasteiger partial charge < -0.3 is 15.1 Å². The van der Waals surface area contributed by atoms with Crippen molar-refractivity contribution in [1.82, 2.24) is 0 Å². The van der Waals surface area contributed by atoms with E-state index >= 15 is 0 Å². The fourth-order valence-corrected chi connectivity index (χ4v) is 1.07. The number of nitrogens with zero attached hydrogens (tertiary/aromatic N) is 1. The van der Waals surface area contributed by atoms with Gasteiger partial charge in [0.05, 0.1) is 11.3 Å². The summed E-state index contributed by atoms with van der Waals surface area (Å²) in [5, 5.41) is 22.6. The molecule has 0 amide bonds. The van der Waals surface area contributed by atoms with Gasteiger partial charge in [0.2, 0.25) is 0 Å². The minimum atomic E-state index is -0.900. The lowest BCUT2D eigenvalue weighted by Gasteiger charge is -2.14. The molecule has 0 saturated heterocycles. The van der Waals surface area contributed by atoms with Crippen molar-refractivity contribution >= 4 is 5.71 Å². The molecule has 16 heavy (non-hydrogen) atoms. The lowest BCUT2D eigenvalue weighted by atomic mass is 10.1. The Hall–Kier alpha value is -1.55. The molecule has 0 aromatic heterocycles. The van der Waals surface area contributed by atoms with Gasteiger partial charge in [-0.05, 0) is 32.9 Å². The van der Waals surface area contributed by atoms with E-state index in [1.165, 1.54) is 0 Å². The Balaban J connectivity index is 2.64. The summed E-state index contributed by atoms with van der Waals surface area (Å²) in [6.07, 6.45) is 0. The number of aliphatic hydroxyl groups is 1. The third kappa shape index (κ3) is 4.31. The van der Waals surface area contributed by atoms with Crippen LogP contribution in [-0.4, -0.2) is 28.1 Å². The number of benzene rings is 1. The highest BCUT2D eigenvalue weighted by atomic mass is 16.6. The topological polar surface area (TPSA) is 62.0 Å². The van der Waals surface area contributed by atoms with Crippen molar-refractivity contribution in [3.8, 4) is 5.75 Å². The molecule has 0 bridgehead atoms. The highest BCUT2D eigenvalue weighted by Gasteiger charge is 2.12. The highest BCUT2D eigenvalue weighted by Crippen LogP contribution is 2.12. The summed E-state index contributed by atoms with van der Waals surface area (Å²) in [4.78, 5) is 5.01. The fraction of sp³-hybridized carbons (Fsp3) is 0.417. The van der Waals surface area contributed by atoms with Crippen molar-refractivity contribution in [3.63, 3.8) is 0 Å². The number of aromatic hydroxyl groups is 1. The van der Waals surface area contributed by atoms with Crippen LogP contribution in [0.1, 0.15) is 26.3 Å². The zero-order chi connectivity index (χ0) is 12.2. The molecule has 0 aliphatic carbocycles. The van der Waals surface area contributed by atoms with Crippen molar-refractivity contribution in [2.45, 2.75) is 26.4 Å². The molecule has 0 atom stereocenters. The van der Waals surface area contributed by atoms with Crippen molar-refractivity contribution in [2.75, 3.05) is 6.61 Å². The molecule has 0 radical (unpaired) electrons. The lowest BCUT2D eigenvalue weighted by molar-refractivity contribution is -0.0189. The van der Waals surface area contributed by atoms with Crippen LogP contribution in [0, 0.1) is 0 Å². The number of phenols is 1. The third-order valence-electron chi connectivity index (χ3n) is 1.88. The molecule has 0 fully saturated rings. The summed E-state index contributed by atoms with van der Waals surface area (Å²) < 4.78 is 0. The maximum Gasteiger partial charge on any atom is 0.145 e. The Morgan fingerprint density at radius 2 is 2.12 bits per heavy atom. The average molecular weight is 223 g/mol. The average Bonchev–Trinajstić information content (AvgIpc) is 2.15. The molecule has 0 aliphatic heterocycles. The summed E-state index contributed by atoms with van der Waals surface area (Å²) in [7, 11) is 0. The van der Waals surface area contributed by atoms with Crippen LogP contribution in [0.15, 0.2) is 29.4 Å². The van der Waals surface area contributed by atoms with E-state index in [1.54, 1.807) is 39.0 Å². The van der Waals surface area contributed by atoms with E-state index in [2.05, 4.69) is 5.16 Å². The third-order valence-corrected chi connectivity index (χ3v) is 1.88. The number of hydrogen-bond acceptors (Lipinski definition) is 4. The molecular weight excluding hydrogens is 206 g/mol. The number of phenolic OH excluding ortho intramolecular Hbond substituents is 1. The normalized spacial score (nSPS) is 12.6. The highest BCUT2D eigenvalue weighted by molar-refractivity contribution is 5.98. The molecule has 4 heteroatoms. The standard InChI is InChI=1S/C12H17NO3/c1-9(13-16-8-12(2,3)15)10-5-4-6-11(14)7-10/h4-7,14-15H,8H2,1-3H3. The SMILES string of the molecule is CC(=NOCC(C)(C)O)c1cccc(O)c1. The van der Waals surface area contributed by atoms with Crippen LogP contribution in [0.5, 0.6) is 5.75 Å². The molecule has 1 aromatic rings. The minimum Gasteiger partial charge on any atom is -0.508 e. The minimum absolute atomic E-state index is 0.128. The van der Waals surface area contributed by atoms with Gasteiger partial charge in [-0.2, -0.15) is 0 Å². The molecule has 88 valence electrons. The van der Waals surface area contributed by atoms with E-state index < -0.39 is 5.60 Å². The first kappa shape index (κ1) is 12.5. The van der Waals surface area contributed by atoms with Gasteiger partial charge in [0, 0.05) is 5.56 Å². The number of rotatable bonds is 4. The van der Waals surface area contributed by atoms with Gasteiger partial charge in [-0.1, -0.05) is 17.3 Å². The van der Waals surface area contributed by atoms with Gasteiger partial charge in [0.15, 0.2) is 0 Å². The van der Waals surface area contributed by atoms with Crippen LogP contribution >= 0.6 is 0 Å². The summed E-state index contributed by atoms with van der Waals surface area (Å²) in [5.41, 5.74) is 0.540. The van der Waals surface area contributed by atoms with Crippen molar-refractivity contribution in [1.29, 1.82) is 0 Å². The molecule has 2 N–H and O–H groups in total. The summed E-state index contributed by atoms with van der Waals surface area (Å²) in [5.74, 6) is 0.189. The fourth-order valence-electron chi connectivity index (χ4n) is 1.07. The molecule has 1 rings (SSSR count). The van der Waals surface area contributed by atoms with E-state index in [1.807, 2.05) is 6.07 Å². The Bertz CT molecular complexity index is 380. The van der Waals surface area contributed by atoms with E-state index in [0.29, 0.717) is 5.71 Å². The maximum absolute atomic E-state index is 9.41. The van der Waals surface area contributed by atoms with Crippen LogP contribution in [-0.2, 0) is 4.84 Å². The van der Waals surface area contributed by atoms with Gasteiger partial charge >= 0.3 is 0 Å². The van der Waals surface area contributed by atoms with Gasteiger partial charge in [-0.25, -0.2) is 0 Å². The van der Waals surface area contributed by atoms with Crippen LogP contribution in [0.4, 0.5) is 0 Å². The number of oxime groups is 1. The first-order chi connectivity index (χ1) is 7.38. The smallest absolute Gasteiger partial charge is 0.145 e. The molecule has 0 aliphatic rings. The Morgan fingerprint density at radius 1 is 1.44 bits per heavy atom. The van der Waals surface area contributed by atoms with Crippen molar-refractivity contribution < 1.29 is 15.1 Å². The zero-order valence-corrected chi connectivity index (χ0v) is 9.77. The van der Waals surface area contributed by atoms with E-state index in [9.17, 15) is 10.2 Å². The predicted octanol–water partition coefficient (Wildman–Crippen LogP) is 1.90. The summed E-state index contributed by atoms with van der Waals surface area (Å²) in [6, 6.07) is 6.76. The second-order valence-electron chi connectivity index (χ2n) is 4.31. The zero-order valence-electron chi connectivity index (χ0n) is 9.77.